The molecule has 0 aliphatic heterocycles. The summed E-state index contributed by atoms with van der Waals surface area (Å²) in [5, 5.41) is 9.93. The molecule has 0 bridgehead atoms. The molecule has 18 heavy (non-hydrogen) atoms. The van der Waals surface area contributed by atoms with Crippen molar-refractivity contribution in [3.63, 3.8) is 0 Å². The first-order valence-corrected chi connectivity index (χ1v) is 6.54. The molecule has 1 aliphatic rings. The van der Waals surface area contributed by atoms with Crippen LogP contribution in [0.25, 0.3) is 0 Å². The molecule has 1 N–H and O–H groups in total. The predicted molar refractivity (Wildman–Crippen MR) is 66.5 cm³/mol. The molecule has 1 heterocycles. The second kappa shape index (κ2) is 6.93. The summed E-state index contributed by atoms with van der Waals surface area (Å²) in [6.45, 7) is 0.171. The zero-order valence-electron chi connectivity index (χ0n) is 10.5. The van der Waals surface area contributed by atoms with Gasteiger partial charge in [0.15, 0.2) is 0 Å². The van der Waals surface area contributed by atoms with Gasteiger partial charge in [-0.05, 0) is 18.8 Å². The number of hydrogen-bond acceptors (Lipinski definition) is 4. The number of allylic oxidation sites excluding steroid dienone is 1. The van der Waals surface area contributed by atoms with Crippen LogP contribution in [-0.2, 0) is 16.1 Å². The lowest BCUT2D eigenvalue weighted by molar-refractivity contribution is -0.139. The Labute approximate surface area is 107 Å². The maximum Gasteiger partial charge on any atom is 0.330 e. The largest absolute Gasteiger partial charge is 0.456 e. The molecule has 2 rings (SSSR count). The average molecular weight is 249 g/mol. The first-order valence-electron chi connectivity index (χ1n) is 6.54. The smallest absolute Gasteiger partial charge is 0.330 e. The zero-order chi connectivity index (χ0) is 12.6. The first-order chi connectivity index (χ1) is 8.84. The van der Waals surface area contributed by atoms with E-state index in [1.54, 1.807) is 12.3 Å². The van der Waals surface area contributed by atoms with Crippen molar-refractivity contribution in [3.05, 3.63) is 24.0 Å². The number of aromatic amines is 1. The quantitative estimate of drug-likeness (QED) is 0.505. The predicted octanol–water partition coefficient (Wildman–Crippen LogP) is 2.37. The van der Waals surface area contributed by atoms with Crippen LogP contribution >= 0.6 is 0 Å². The summed E-state index contributed by atoms with van der Waals surface area (Å²) in [5.41, 5.74) is 0.631. The molecule has 0 spiro atoms. The monoisotopic (exact) mass is 249 g/mol. The first kappa shape index (κ1) is 12.8. The molecule has 1 aromatic heterocycles. The van der Waals surface area contributed by atoms with Gasteiger partial charge in [0.1, 0.15) is 12.3 Å². The van der Waals surface area contributed by atoms with Crippen LogP contribution in [0.15, 0.2) is 18.3 Å². The number of rotatable bonds is 4. The molecule has 0 radical (unpaired) electrons. The minimum Gasteiger partial charge on any atom is -0.456 e. The fourth-order valence-electron chi connectivity index (χ4n) is 2.21. The van der Waals surface area contributed by atoms with E-state index >= 15 is 0 Å². The fourth-order valence-corrected chi connectivity index (χ4v) is 2.21. The highest BCUT2D eigenvalue weighted by atomic mass is 16.5. The minimum absolute atomic E-state index is 0.171. The maximum absolute atomic E-state index is 11.5. The van der Waals surface area contributed by atoms with E-state index in [1.807, 2.05) is 6.08 Å². The summed E-state index contributed by atoms with van der Waals surface area (Å²) in [6, 6.07) is 0. The third-order valence-electron chi connectivity index (χ3n) is 3.23. The third kappa shape index (κ3) is 4.31. The molecule has 0 unspecified atom stereocenters. The third-order valence-corrected chi connectivity index (χ3v) is 3.23. The Morgan fingerprint density at radius 3 is 2.83 bits per heavy atom. The van der Waals surface area contributed by atoms with Crippen LogP contribution in [0.3, 0.4) is 0 Å². The number of carbonyl (C=O) groups excluding carboxylic acids is 1. The molecule has 0 saturated heterocycles. The second-order valence-electron chi connectivity index (χ2n) is 4.68. The molecular weight excluding hydrogens is 230 g/mol. The lowest BCUT2D eigenvalue weighted by Gasteiger charge is -2.07. The Balaban J connectivity index is 1.72. The van der Waals surface area contributed by atoms with Crippen LogP contribution in [0.2, 0.25) is 0 Å². The van der Waals surface area contributed by atoms with Crippen LogP contribution in [-0.4, -0.2) is 21.4 Å². The van der Waals surface area contributed by atoms with Gasteiger partial charge in [0.05, 0.1) is 6.20 Å². The van der Waals surface area contributed by atoms with E-state index in [1.165, 1.54) is 38.5 Å². The number of ether oxygens (including phenoxy) is 1. The fraction of sp³-hybridized carbons (Fsp3) is 0.615. The number of hydrogen-bond donors (Lipinski definition) is 1. The summed E-state index contributed by atoms with van der Waals surface area (Å²) in [4.78, 5) is 11.5. The average Bonchev–Trinajstić information content (AvgIpc) is 2.76. The minimum atomic E-state index is -0.303. The zero-order valence-corrected chi connectivity index (χ0v) is 10.5. The van der Waals surface area contributed by atoms with E-state index in [2.05, 4.69) is 15.4 Å². The number of nitrogens with one attached hydrogen (secondary N) is 1. The van der Waals surface area contributed by atoms with Crippen LogP contribution < -0.4 is 0 Å². The second-order valence-corrected chi connectivity index (χ2v) is 4.68. The van der Waals surface area contributed by atoms with Gasteiger partial charge in [-0.25, -0.2) is 4.79 Å². The van der Waals surface area contributed by atoms with Crippen LogP contribution in [0.5, 0.6) is 0 Å². The van der Waals surface area contributed by atoms with Gasteiger partial charge in [0, 0.05) is 6.08 Å². The van der Waals surface area contributed by atoms with Gasteiger partial charge in [-0.3, -0.25) is 0 Å². The SMILES string of the molecule is O=C(/C=C/C1CCCCCC1)OCc1cn[nH]n1. The van der Waals surface area contributed by atoms with Crippen molar-refractivity contribution in [1.82, 2.24) is 15.4 Å². The lowest BCUT2D eigenvalue weighted by atomic mass is 10.00. The molecule has 5 nitrogen and oxygen atoms in total. The van der Waals surface area contributed by atoms with E-state index in [9.17, 15) is 4.79 Å². The molecule has 98 valence electrons. The van der Waals surface area contributed by atoms with Gasteiger partial charge >= 0.3 is 5.97 Å². The summed E-state index contributed by atoms with van der Waals surface area (Å²) in [6.07, 6.45) is 12.6. The van der Waals surface area contributed by atoms with Crippen molar-refractivity contribution in [2.24, 2.45) is 5.92 Å². The van der Waals surface area contributed by atoms with Gasteiger partial charge in [-0.2, -0.15) is 15.4 Å². The normalized spacial score (nSPS) is 17.8. The molecule has 0 amide bonds. The molecule has 5 heteroatoms. The van der Waals surface area contributed by atoms with Gasteiger partial charge in [0.25, 0.3) is 0 Å². The highest BCUT2D eigenvalue weighted by Gasteiger charge is 2.09. The standard InChI is InChI=1S/C13H19N3O2/c17-13(18-10-12-9-14-16-15-12)8-7-11-5-3-1-2-4-6-11/h7-9,11H,1-6,10H2,(H,14,15,16)/b8-7+. The van der Waals surface area contributed by atoms with Gasteiger partial charge in [-0.15, -0.1) is 0 Å². The van der Waals surface area contributed by atoms with Gasteiger partial charge in [-0.1, -0.05) is 31.8 Å². The Morgan fingerprint density at radius 1 is 1.39 bits per heavy atom. The molecule has 1 aromatic rings. The van der Waals surface area contributed by atoms with Crippen molar-refractivity contribution in [1.29, 1.82) is 0 Å². The van der Waals surface area contributed by atoms with Crippen LogP contribution in [0.1, 0.15) is 44.2 Å². The lowest BCUT2D eigenvalue weighted by Crippen LogP contribution is -2.03. The highest BCUT2D eigenvalue weighted by Crippen LogP contribution is 2.23. The molecule has 0 atom stereocenters. The molecular formula is C13H19N3O2. The number of aromatic nitrogens is 3. The highest BCUT2D eigenvalue weighted by molar-refractivity contribution is 5.81. The Morgan fingerprint density at radius 2 is 2.17 bits per heavy atom. The van der Waals surface area contributed by atoms with Crippen molar-refractivity contribution < 1.29 is 9.53 Å². The Kier molecular flexibility index (Phi) is 4.93. The molecule has 1 aliphatic carbocycles. The van der Waals surface area contributed by atoms with E-state index in [0.29, 0.717) is 11.6 Å². The summed E-state index contributed by atoms with van der Waals surface area (Å²) >= 11 is 0. The van der Waals surface area contributed by atoms with Crippen LogP contribution in [0, 0.1) is 5.92 Å². The molecule has 0 aromatic carbocycles. The summed E-state index contributed by atoms with van der Waals surface area (Å²) in [5.74, 6) is 0.231. The van der Waals surface area contributed by atoms with E-state index in [4.69, 9.17) is 4.74 Å². The maximum atomic E-state index is 11.5. The van der Waals surface area contributed by atoms with Gasteiger partial charge < -0.3 is 4.74 Å². The van der Waals surface area contributed by atoms with E-state index in [0.717, 1.165) is 0 Å². The summed E-state index contributed by atoms with van der Waals surface area (Å²) < 4.78 is 5.06. The molecule has 1 saturated carbocycles. The van der Waals surface area contributed by atoms with Crippen molar-refractivity contribution in [3.8, 4) is 0 Å². The number of H-pyrrole nitrogens is 1. The summed E-state index contributed by atoms with van der Waals surface area (Å²) in [7, 11) is 0. The Hall–Kier alpha value is -1.65. The number of esters is 1. The van der Waals surface area contributed by atoms with E-state index in [-0.39, 0.29) is 12.6 Å². The Bertz CT molecular complexity index is 379. The number of carbonyl (C=O) groups is 1. The van der Waals surface area contributed by atoms with Crippen molar-refractivity contribution in [2.75, 3.05) is 0 Å². The molecule has 1 fully saturated rings. The van der Waals surface area contributed by atoms with E-state index < -0.39 is 0 Å². The topological polar surface area (TPSA) is 67.9 Å². The van der Waals surface area contributed by atoms with Gasteiger partial charge in [0.2, 0.25) is 0 Å². The van der Waals surface area contributed by atoms with Crippen molar-refractivity contribution >= 4 is 5.97 Å². The van der Waals surface area contributed by atoms with Crippen molar-refractivity contribution in [2.45, 2.75) is 45.1 Å². The number of nitrogens with zero attached hydrogens (tertiary/aromatic N) is 2. The van der Waals surface area contributed by atoms with Crippen LogP contribution in [0.4, 0.5) is 0 Å².